The zero-order valence-electron chi connectivity index (χ0n) is 11.9. The molecule has 0 saturated carbocycles. The van der Waals surface area contributed by atoms with Gasteiger partial charge in [0, 0.05) is 11.6 Å². The van der Waals surface area contributed by atoms with Crippen LogP contribution in [-0.4, -0.2) is 24.6 Å². The molecule has 0 fully saturated rings. The third-order valence-corrected chi connectivity index (χ3v) is 2.78. The van der Waals surface area contributed by atoms with E-state index in [9.17, 15) is 4.79 Å². The predicted molar refractivity (Wildman–Crippen MR) is 80.8 cm³/mol. The Hall–Kier alpha value is -2.76. The number of hydrogen-bond acceptors (Lipinski definition) is 5. The molecule has 1 amide bonds. The molecule has 110 valence electrons. The highest BCUT2D eigenvalue weighted by atomic mass is 16.5. The Balaban J connectivity index is 2.08. The van der Waals surface area contributed by atoms with E-state index >= 15 is 0 Å². The van der Waals surface area contributed by atoms with Crippen molar-refractivity contribution in [1.82, 2.24) is 4.98 Å². The van der Waals surface area contributed by atoms with E-state index in [-0.39, 0.29) is 5.91 Å². The van der Waals surface area contributed by atoms with Crippen LogP contribution in [0, 0.1) is 0 Å². The summed E-state index contributed by atoms with van der Waals surface area (Å²) in [7, 11) is 1.52. The summed E-state index contributed by atoms with van der Waals surface area (Å²) in [5.41, 5.74) is 7.22. The van der Waals surface area contributed by atoms with Crippen molar-refractivity contribution in [2.24, 2.45) is 0 Å². The van der Waals surface area contributed by atoms with Crippen molar-refractivity contribution in [3.63, 3.8) is 0 Å². The minimum absolute atomic E-state index is 0.268. The van der Waals surface area contributed by atoms with Crippen LogP contribution in [0.3, 0.4) is 0 Å². The van der Waals surface area contributed by atoms with Gasteiger partial charge in [0.05, 0.1) is 31.3 Å². The second kappa shape index (κ2) is 6.60. The van der Waals surface area contributed by atoms with Crippen molar-refractivity contribution in [3.8, 4) is 11.6 Å². The third-order valence-electron chi connectivity index (χ3n) is 2.78. The minimum atomic E-state index is -0.268. The number of benzene rings is 1. The highest BCUT2D eigenvalue weighted by Crippen LogP contribution is 2.22. The van der Waals surface area contributed by atoms with Crippen molar-refractivity contribution in [1.29, 1.82) is 0 Å². The van der Waals surface area contributed by atoms with Gasteiger partial charge < -0.3 is 20.5 Å². The average molecular weight is 287 g/mol. The number of rotatable bonds is 5. The molecule has 0 saturated heterocycles. The number of amides is 1. The molecular weight excluding hydrogens is 270 g/mol. The van der Waals surface area contributed by atoms with Gasteiger partial charge >= 0.3 is 0 Å². The first-order chi connectivity index (χ1) is 10.1. The molecule has 0 aliphatic heterocycles. The number of ether oxygens (including phenoxy) is 2. The second-order valence-electron chi connectivity index (χ2n) is 4.23. The normalized spacial score (nSPS) is 10.0. The van der Waals surface area contributed by atoms with Gasteiger partial charge in [0.25, 0.3) is 5.91 Å². The maximum absolute atomic E-state index is 12.1. The molecule has 6 nitrogen and oxygen atoms in total. The van der Waals surface area contributed by atoms with Crippen molar-refractivity contribution < 1.29 is 14.3 Å². The molecule has 0 unspecified atom stereocenters. The smallest absolute Gasteiger partial charge is 0.255 e. The predicted octanol–water partition coefficient (Wildman–Crippen LogP) is 2.32. The van der Waals surface area contributed by atoms with Crippen molar-refractivity contribution >= 4 is 17.3 Å². The Bertz CT molecular complexity index is 627. The molecule has 0 aliphatic rings. The molecule has 2 aromatic rings. The Kier molecular flexibility index (Phi) is 4.61. The Labute approximate surface area is 122 Å². The lowest BCUT2D eigenvalue weighted by Gasteiger charge is -2.08. The Morgan fingerprint density at radius 3 is 2.71 bits per heavy atom. The van der Waals surface area contributed by atoms with E-state index in [2.05, 4.69) is 10.3 Å². The molecule has 2 rings (SSSR count). The van der Waals surface area contributed by atoms with Crippen LogP contribution in [0.4, 0.5) is 11.4 Å². The topological polar surface area (TPSA) is 86.5 Å². The highest BCUT2D eigenvalue weighted by molar-refractivity contribution is 6.04. The maximum atomic E-state index is 12.1. The molecule has 0 spiro atoms. The van der Waals surface area contributed by atoms with Crippen LogP contribution in [0.5, 0.6) is 11.6 Å². The lowest BCUT2D eigenvalue weighted by Crippen LogP contribution is -2.12. The van der Waals surface area contributed by atoms with E-state index in [0.29, 0.717) is 35.2 Å². The molecule has 0 atom stereocenters. The van der Waals surface area contributed by atoms with Gasteiger partial charge in [-0.1, -0.05) is 0 Å². The van der Waals surface area contributed by atoms with Crippen LogP contribution in [0.1, 0.15) is 17.3 Å². The van der Waals surface area contributed by atoms with Crippen LogP contribution >= 0.6 is 0 Å². The number of nitrogens with one attached hydrogen (secondary N) is 1. The largest absolute Gasteiger partial charge is 0.495 e. The van der Waals surface area contributed by atoms with Gasteiger partial charge in [0.15, 0.2) is 0 Å². The van der Waals surface area contributed by atoms with E-state index in [1.54, 1.807) is 30.3 Å². The van der Waals surface area contributed by atoms with Crippen LogP contribution in [0.15, 0.2) is 36.5 Å². The van der Waals surface area contributed by atoms with Gasteiger partial charge in [-0.2, -0.15) is 0 Å². The summed E-state index contributed by atoms with van der Waals surface area (Å²) >= 11 is 0. The summed E-state index contributed by atoms with van der Waals surface area (Å²) in [5, 5.41) is 2.74. The average Bonchev–Trinajstić information content (AvgIpc) is 2.49. The third kappa shape index (κ3) is 3.62. The summed E-state index contributed by atoms with van der Waals surface area (Å²) < 4.78 is 10.3. The molecule has 6 heteroatoms. The fourth-order valence-electron chi connectivity index (χ4n) is 1.77. The number of nitrogens with two attached hydrogens (primary N) is 1. The highest BCUT2D eigenvalue weighted by Gasteiger charge is 2.09. The number of carbonyl (C=O) groups is 1. The molecule has 1 heterocycles. The first-order valence-corrected chi connectivity index (χ1v) is 6.47. The van der Waals surface area contributed by atoms with E-state index in [1.165, 1.54) is 13.3 Å². The number of pyridine rings is 1. The van der Waals surface area contributed by atoms with Gasteiger partial charge in [0.2, 0.25) is 5.88 Å². The lowest BCUT2D eigenvalue weighted by atomic mass is 10.1. The monoisotopic (exact) mass is 287 g/mol. The van der Waals surface area contributed by atoms with E-state index in [1.807, 2.05) is 6.92 Å². The summed E-state index contributed by atoms with van der Waals surface area (Å²) in [6, 6.07) is 8.29. The molecule has 3 N–H and O–H groups in total. The van der Waals surface area contributed by atoms with Gasteiger partial charge in [-0.15, -0.1) is 0 Å². The summed E-state index contributed by atoms with van der Waals surface area (Å²) in [6.07, 6.45) is 1.54. The number of anilines is 2. The number of methoxy groups -OCH3 is 1. The molecule has 0 radical (unpaired) electrons. The standard InChI is InChI=1S/C15H17N3O3/c1-3-21-14-7-5-11(9-17-14)18-15(19)10-4-6-13(20-2)12(16)8-10/h4-9H,3,16H2,1-2H3,(H,18,19). The maximum Gasteiger partial charge on any atom is 0.255 e. The van der Waals surface area contributed by atoms with Gasteiger partial charge in [0.1, 0.15) is 5.75 Å². The van der Waals surface area contributed by atoms with Gasteiger partial charge in [-0.25, -0.2) is 4.98 Å². The molecular formula is C15H17N3O3. The van der Waals surface area contributed by atoms with Gasteiger partial charge in [-0.3, -0.25) is 4.79 Å². The summed E-state index contributed by atoms with van der Waals surface area (Å²) in [4.78, 5) is 16.2. The van der Waals surface area contributed by atoms with Crippen molar-refractivity contribution in [2.45, 2.75) is 6.92 Å². The van der Waals surface area contributed by atoms with Crippen molar-refractivity contribution in [3.05, 3.63) is 42.1 Å². The Morgan fingerprint density at radius 1 is 1.33 bits per heavy atom. The summed E-state index contributed by atoms with van der Waals surface area (Å²) in [5.74, 6) is 0.786. The number of hydrogen-bond donors (Lipinski definition) is 2. The van der Waals surface area contributed by atoms with Crippen LogP contribution < -0.4 is 20.5 Å². The molecule has 1 aromatic carbocycles. The van der Waals surface area contributed by atoms with E-state index < -0.39 is 0 Å². The number of nitrogens with zero attached hydrogens (tertiary/aromatic N) is 1. The zero-order chi connectivity index (χ0) is 15.2. The first-order valence-electron chi connectivity index (χ1n) is 6.47. The van der Waals surface area contributed by atoms with Crippen LogP contribution in [-0.2, 0) is 0 Å². The zero-order valence-corrected chi connectivity index (χ0v) is 11.9. The number of carbonyl (C=O) groups excluding carboxylic acids is 1. The molecule has 21 heavy (non-hydrogen) atoms. The Morgan fingerprint density at radius 2 is 2.14 bits per heavy atom. The summed E-state index contributed by atoms with van der Waals surface area (Å²) in [6.45, 7) is 2.43. The minimum Gasteiger partial charge on any atom is -0.495 e. The van der Waals surface area contributed by atoms with E-state index in [4.69, 9.17) is 15.2 Å². The fraction of sp³-hybridized carbons (Fsp3) is 0.200. The first kappa shape index (κ1) is 14.6. The van der Waals surface area contributed by atoms with Crippen LogP contribution in [0.25, 0.3) is 0 Å². The molecule has 0 aliphatic carbocycles. The van der Waals surface area contributed by atoms with E-state index in [0.717, 1.165) is 0 Å². The van der Waals surface area contributed by atoms with Gasteiger partial charge in [-0.05, 0) is 31.2 Å². The lowest BCUT2D eigenvalue weighted by molar-refractivity contribution is 0.102. The van der Waals surface area contributed by atoms with Crippen LogP contribution in [0.2, 0.25) is 0 Å². The van der Waals surface area contributed by atoms with Crippen molar-refractivity contribution in [2.75, 3.05) is 24.8 Å². The molecule has 0 bridgehead atoms. The number of nitrogen functional groups attached to an aromatic ring is 1. The molecule has 1 aromatic heterocycles. The quantitative estimate of drug-likeness (QED) is 0.824. The SMILES string of the molecule is CCOc1ccc(NC(=O)c2ccc(OC)c(N)c2)cn1. The second-order valence-corrected chi connectivity index (χ2v) is 4.23. The number of aromatic nitrogens is 1. The fourth-order valence-corrected chi connectivity index (χ4v) is 1.77.